The zero-order valence-corrected chi connectivity index (χ0v) is 9.59. The van der Waals surface area contributed by atoms with Crippen LogP contribution in [0.1, 0.15) is 25.8 Å². The molecule has 1 nitrogen and oxygen atoms in total. The zero-order chi connectivity index (χ0) is 10.6. The summed E-state index contributed by atoms with van der Waals surface area (Å²) >= 11 is 6.07. The summed E-state index contributed by atoms with van der Waals surface area (Å²) in [6.45, 7) is 4.26. The molecule has 0 aliphatic heterocycles. The Kier molecular flexibility index (Phi) is 4.43. The molecule has 0 fully saturated rings. The molecular formula is C12H18ClN. The maximum Gasteiger partial charge on any atom is 0.0438 e. The molecule has 0 spiro atoms. The van der Waals surface area contributed by atoms with Gasteiger partial charge in [-0.05, 0) is 37.3 Å². The summed E-state index contributed by atoms with van der Waals surface area (Å²) in [4.78, 5) is 0. The summed E-state index contributed by atoms with van der Waals surface area (Å²) in [5.74, 6) is 0.592. The fourth-order valence-electron chi connectivity index (χ4n) is 1.76. The van der Waals surface area contributed by atoms with Crippen LogP contribution in [-0.2, 0) is 6.42 Å². The lowest BCUT2D eigenvalue weighted by atomic mass is 9.95. The van der Waals surface area contributed by atoms with E-state index in [4.69, 9.17) is 17.3 Å². The Morgan fingerprint density at radius 2 is 1.93 bits per heavy atom. The predicted octanol–water partition coefficient (Wildman–Crippen LogP) is 3.26. The van der Waals surface area contributed by atoms with E-state index in [2.05, 4.69) is 13.0 Å². The molecule has 0 aliphatic carbocycles. The van der Waals surface area contributed by atoms with Crippen LogP contribution in [0.3, 0.4) is 0 Å². The Bertz CT molecular complexity index is 283. The average Bonchev–Trinajstić information content (AvgIpc) is 2.07. The normalized spacial score (nSPS) is 15.1. The first kappa shape index (κ1) is 11.5. The number of nitrogens with two attached hydrogens (primary N) is 1. The van der Waals surface area contributed by atoms with E-state index in [1.807, 2.05) is 25.1 Å². The lowest BCUT2D eigenvalue weighted by Crippen LogP contribution is -2.19. The van der Waals surface area contributed by atoms with Crippen LogP contribution in [0, 0.1) is 5.92 Å². The summed E-state index contributed by atoms with van der Waals surface area (Å²) in [6.07, 6.45) is 2.06. The van der Waals surface area contributed by atoms with Gasteiger partial charge < -0.3 is 5.73 Å². The third-order valence-electron chi connectivity index (χ3n) is 2.30. The molecule has 2 heteroatoms. The molecule has 0 bridgehead atoms. The van der Waals surface area contributed by atoms with Gasteiger partial charge >= 0.3 is 0 Å². The van der Waals surface area contributed by atoms with Gasteiger partial charge in [-0.2, -0.15) is 0 Å². The van der Waals surface area contributed by atoms with Crippen molar-refractivity contribution in [2.45, 2.75) is 32.7 Å². The van der Waals surface area contributed by atoms with Gasteiger partial charge in [-0.25, -0.2) is 0 Å². The van der Waals surface area contributed by atoms with Gasteiger partial charge in [-0.15, -0.1) is 0 Å². The van der Waals surface area contributed by atoms with Crippen molar-refractivity contribution < 1.29 is 0 Å². The highest BCUT2D eigenvalue weighted by Crippen LogP contribution is 2.20. The number of hydrogen-bond acceptors (Lipinski definition) is 1. The largest absolute Gasteiger partial charge is 0.328 e. The van der Waals surface area contributed by atoms with Crippen LogP contribution in [0.25, 0.3) is 0 Å². The summed E-state index contributed by atoms with van der Waals surface area (Å²) in [6, 6.07) is 8.28. The monoisotopic (exact) mass is 211 g/mol. The molecule has 2 atom stereocenters. The molecule has 0 radical (unpaired) electrons. The molecule has 0 amide bonds. The number of halogens is 1. The van der Waals surface area contributed by atoms with E-state index in [1.165, 1.54) is 5.56 Å². The maximum absolute atomic E-state index is 6.07. The molecule has 1 aromatic rings. The van der Waals surface area contributed by atoms with E-state index in [-0.39, 0.29) is 6.04 Å². The van der Waals surface area contributed by atoms with Crippen LogP contribution >= 0.6 is 11.6 Å². The van der Waals surface area contributed by atoms with E-state index in [0.717, 1.165) is 17.9 Å². The first-order valence-corrected chi connectivity index (χ1v) is 5.46. The van der Waals surface area contributed by atoms with E-state index in [1.54, 1.807) is 0 Å². The molecule has 1 rings (SSSR count). The first-order valence-electron chi connectivity index (χ1n) is 5.08. The van der Waals surface area contributed by atoms with Crippen molar-refractivity contribution in [2.24, 2.45) is 11.7 Å². The molecule has 0 saturated heterocycles. The Labute approximate surface area is 91.3 Å². The van der Waals surface area contributed by atoms with Gasteiger partial charge in [0.05, 0.1) is 0 Å². The highest BCUT2D eigenvalue weighted by molar-refractivity contribution is 6.31. The summed E-state index contributed by atoms with van der Waals surface area (Å²) < 4.78 is 0. The van der Waals surface area contributed by atoms with Crippen LogP contribution < -0.4 is 5.73 Å². The van der Waals surface area contributed by atoms with Crippen LogP contribution in [0.15, 0.2) is 24.3 Å². The molecule has 0 heterocycles. The first-order chi connectivity index (χ1) is 6.59. The van der Waals surface area contributed by atoms with Gasteiger partial charge in [0.15, 0.2) is 0 Å². The lowest BCUT2D eigenvalue weighted by molar-refractivity contribution is 0.480. The van der Waals surface area contributed by atoms with Crippen LogP contribution in [-0.4, -0.2) is 6.04 Å². The van der Waals surface area contributed by atoms with Crippen molar-refractivity contribution in [3.8, 4) is 0 Å². The van der Waals surface area contributed by atoms with Crippen molar-refractivity contribution in [3.63, 3.8) is 0 Å². The topological polar surface area (TPSA) is 26.0 Å². The van der Waals surface area contributed by atoms with Crippen LogP contribution in [0.4, 0.5) is 0 Å². The molecule has 1 aromatic carbocycles. The smallest absolute Gasteiger partial charge is 0.0438 e. The molecule has 78 valence electrons. The van der Waals surface area contributed by atoms with Crippen molar-refractivity contribution in [2.75, 3.05) is 0 Å². The Balaban J connectivity index is 2.56. The van der Waals surface area contributed by atoms with Crippen molar-refractivity contribution in [3.05, 3.63) is 34.9 Å². The molecule has 0 saturated carbocycles. The second kappa shape index (κ2) is 5.38. The quantitative estimate of drug-likeness (QED) is 0.813. The minimum atomic E-state index is 0.271. The SMILES string of the molecule is CC(N)CC(C)Cc1ccccc1Cl. The van der Waals surface area contributed by atoms with E-state index < -0.39 is 0 Å². The second-order valence-electron chi connectivity index (χ2n) is 4.11. The van der Waals surface area contributed by atoms with Crippen molar-refractivity contribution >= 4 is 11.6 Å². The van der Waals surface area contributed by atoms with Crippen molar-refractivity contribution in [1.29, 1.82) is 0 Å². The zero-order valence-electron chi connectivity index (χ0n) is 8.83. The minimum Gasteiger partial charge on any atom is -0.328 e. The number of rotatable bonds is 4. The Morgan fingerprint density at radius 3 is 2.50 bits per heavy atom. The third-order valence-corrected chi connectivity index (χ3v) is 2.67. The molecule has 0 aliphatic rings. The predicted molar refractivity (Wildman–Crippen MR) is 62.6 cm³/mol. The molecular weight excluding hydrogens is 194 g/mol. The third kappa shape index (κ3) is 3.69. The number of benzene rings is 1. The van der Waals surface area contributed by atoms with E-state index >= 15 is 0 Å². The Morgan fingerprint density at radius 1 is 1.29 bits per heavy atom. The molecule has 2 unspecified atom stereocenters. The van der Waals surface area contributed by atoms with Crippen molar-refractivity contribution in [1.82, 2.24) is 0 Å². The maximum atomic E-state index is 6.07. The molecule has 2 N–H and O–H groups in total. The Hall–Kier alpha value is -0.530. The van der Waals surface area contributed by atoms with E-state index in [9.17, 15) is 0 Å². The lowest BCUT2D eigenvalue weighted by Gasteiger charge is -2.14. The van der Waals surface area contributed by atoms with Crippen LogP contribution in [0.5, 0.6) is 0 Å². The standard InChI is InChI=1S/C12H18ClN/c1-9(7-10(2)14)8-11-5-3-4-6-12(11)13/h3-6,9-10H,7-8,14H2,1-2H3. The fourth-order valence-corrected chi connectivity index (χ4v) is 1.97. The highest BCUT2D eigenvalue weighted by Gasteiger charge is 2.08. The fraction of sp³-hybridized carbons (Fsp3) is 0.500. The molecule has 14 heavy (non-hydrogen) atoms. The van der Waals surface area contributed by atoms with Crippen LogP contribution in [0.2, 0.25) is 5.02 Å². The summed E-state index contributed by atoms with van der Waals surface area (Å²) in [7, 11) is 0. The summed E-state index contributed by atoms with van der Waals surface area (Å²) in [5, 5.41) is 0.865. The molecule has 0 aromatic heterocycles. The van der Waals surface area contributed by atoms with E-state index in [0.29, 0.717) is 5.92 Å². The second-order valence-corrected chi connectivity index (χ2v) is 4.52. The average molecular weight is 212 g/mol. The van der Waals surface area contributed by atoms with Gasteiger partial charge in [-0.3, -0.25) is 0 Å². The van der Waals surface area contributed by atoms with Gasteiger partial charge in [0.25, 0.3) is 0 Å². The minimum absolute atomic E-state index is 0.271. The van der Waals surface area contributed by atoms with Gasteiger partial charge in [0.2, 0.25) is 0 Å². The highest BCUT2D eigenvalue weighted by atomic mass is 35.5. The van der Waals surface area contributed by atoms with Gasteiger partial charge in [0, 0.05) is 11.1 Å². The summed E-state index contributed by atoms with van der Waals surface area (Å²) in [5.41, 5.74) is 6.98. The van der Waals surface area contributed by atoms with Gasteiger partial charge in [-0.1, -0.05) is 36.7 Å². The number of hydrogen-bond donors (Lipinski definition) is 1. The van der Waals surface area contributed by atoms with Gasteiger partial charge in [0.1, 0.15) is 0 Å².